The molecule has 7 rings (SSSR count). The summed E-state index contributed by atoms with van der Waals surface area (Å²) >= 11 is 0. The molecule has 6 heteroatoms. The highest BCUT2D eigenvalue weighted by atomic mass is 16.5. The topological polar surface area (TPSA) is 76.1 Å². The normalized spacial score (nSPS) is 11.7. The average molecular weight is 512 g/mol. The molecule has 0 unspecified atom stereocenters. The Labute approximate surface area is 224 Å². The maximum Gasteiger partial charge on any atom is 0.137 e. The van der Waals surface area contributed by atoms with Crippen molar-refractivity contribution < 1.29 is 13.9 Å². The molecule has 0 fully saturated rings. The van der Waals surface area contributed by atoms with E-state index in [1.165, 1.54) is 0 Å². The molecule has 1 aliphatic rings. The highest BCUT2D eigenvalue weighted by Gasteiger charge is 2.15. The minimum absolute atomic E-state index is 0.728. The Bertz CT molecular complexity index is 1970. The van der Waals surface area contributed by atoms with E-state index in [1.54, 1.807) is 14.2 Å². The molecule has 0 saturated heterocycles. The second-order valence-electron chi connectivity index (χ2n) is 9.39. The van der Waals surface area contributed by atoms with Gasteiger partial charge in [0.25, 0.3) is 0 Å². The molecule has 5 heterocycles. The highest BCUT2D eigenvalue weighted by molar-refractivity contribution is 5.95. The van der Waals surface area contributed by atoms with Gasteiger partial charge in [0.1, 0.15) is 22.7 Å². The van der Waals surface area contributed by atoms with Crippen LogP contribution >= 0.6 is 0 Å². The summed E-state index contributed by atoms with van der Waals surface area (Å²) in [7, 11) is 3.34. The van der Waals surface area contributed by atoms with E-state index in [0.717, 1.165) is 78.4 Å². The highest BCUT2D eigenvalue weighted by Crippen LogP contribution is 2.36. The number of rotatable bonds is 4. The quantitative estimate of drug-likeness (QED) is 0.249. The first-order chi connectivity index (χ1) is 19.2. The zero-order valence-corrected chi connectivity index (χ0v) is 21.5. The number of aromatic nitrogens is 3. The molecule has 0 amide bonds. The predicted octanol–water partition coefficient (Wildman–Crippen LogP) is 8.31. The average Bonchev–Trinajstić information content (AvgIpc) is 3.79. The van der Waals surface area contributed by atoms with E-state index < -0.39 is 0 Å². The van der Waals surface area contributed by atoms with E-state index in [-0.39, 0.29) is 0 Å². The summed E-state index contributed by atoms with van der Waals surface area (Å²) in [5, 5.41) is 0. The van der Waals surface area contributed by atoms with Crippen LogP contribution in [0.2, 0.25) is 0 Å². The van der Waals surface area contributed by atoms with Crippen LogP contribution in [-0.4, -0.2) is 29.2 Å². The molecule has 0 aliphatic carbocycles. The number of furan rings is 1. The summed E-state index contributed by atoms with van der Waals surface area (Å²) in [5.74, 6) is 1.59. The van der Waals surface area contributed by atoms with Crippen molar-refractivity contribution in [3.05, 3.63) is 102 Å². The third kappa shape index (κ3) is 4.12. The van der Waals surface area contributed by atoms with E-state index in [0.29, 0.717) is 0 Å². The van der Waals surface area contributed by atoms with E-state index >= 15 is 0 Å². The predicted molar refractivity (Wildman–Crippen MR) is 157 cm³/mol. The Morgan fingerprint density at radius 2 is 1.10 bits per heavy atom. The number of aromatic amines is 2. The lowest BCUT2D eigenvalue weighted by Crippen LogP contribution is -1.86. The molecular formula is C33H25N3O3. The fourth-order valence-corrected chi connectivity index (χ4v) is 5.08. The minimum atomic E-state index is 0.728. The van der Waals surface area contributed by atoms with Crippen LogP contribution in [0.4, 0.5) is 0 Å². The molecule has 190 valence electrons. The molecule has 2 N–H and O–H groups in total. The van der Waals surface area contributed by atoms with Gasteiger partial charge in [0.05, 0.1) is 42.2 Å². The van der Waals surface area contributed by atoms with Crippen molar-refractivity contribution in [1.82, 2.24) is 15.0 Å². The van der Waals surface area contributed by atoms with Crippen LogP contribution in [-0.2, 0) is 0 Å². The molecule has 8 bridgehead atoms. The Hall–Kier alpha value is -5.23. The summed E-state index contributed by atoms with van der Waals surface area (Å²) < 4.78 is 17.5. The minimum Gasteiger partial charge on any atom is -0.497 e. The van der Waals surface area contributed by atoms with Crippen LogP contribution in [0.15, 0.2) is 95.4 Å². The van der Waals surface area contributed by atoms with Crippen LogP contribution in [0.5, 0.6) is 11.5 Å². The van der Waals surface area contributed by atoms with Crippen LogP contribution in [0.25, 0.3) is 67.6 Å². The number of benzene rings is 2. The lowest BCUT2D eigenvalue weighted by Gasteiger charge is -2.06. The molecule has 6 aromatic rings. The summed E-state index contributed by atoms with van der Waals surface area (Å²) in [6.07, 6.45) is 4.07. The number of fused-ring (bicyclic) bond motifs is 9. The number of hydrogen-bond acceptors (Lipinski definition) is 4. The van der Waals surface area contributed by atoms with E-state index in [2.05, 4.69) is 40.3 Å². The smallest absolute Gasteiger partial charge is 0.137 e. The zero-order chi connectivity index (χ0) is 26.3. The Morgan fingerprint density at radius 3 is 1.74 bits per heavy atom. The molecule has 39 heavy (non-hydrogen) atoms. The number of nitrogens with zero attached hydrogens (tertiary/aromatic N) is 1. The van der Waals surface area contributed by atoms with Gasteiger partial charge in [-0.15, -0.1) is 0 Å². The molecule has 0 atom stereocenters. The fourth-order valence-electron chi connectivity index (χ4n) is 5.08. The maximum absolute atomic E-state index is 6.65. The summed E-state index contributed by atoms with van der Waals surface area (Å²) in [6.45, 7) is 0. The first-order valence-corrected chi connectivity index (χ1v) is 12.7. The first-order valence-electron chi connectivity index (χ1n) is 12.7. The van der Waals surface area contributed by atoms with Gasteiger partial charge in [-0.2, -0.15) is 0 Å². The van der Waals surface area contributed by atoms with E-state index in [4.69, 9.17) is 18.9 Å². The molecule has 1 aliphatic heterocycles. The van der Waals surface area contributed by atoms with Crippen LogP contribution in [0, 0.1) is 0 Å². The van der Waals surface area contributed by atoms with Gasteiger partial charge in [0.15, 0.2) is 0 Å². The van der Waals surface area contributed by atoms with Gasteiger partial charge < -0.3 is 23.9 Å². The number of hydrogen-bond donors (Lipinski definition) is 2. The molecular weight excluding hydrogens is 486 g/mol. The standard InChI is InChI=1S/C33H25N3O3/c1-37-24-9-3-20(4-10-24)32-28-14-8-23(35-28)19-22-7-13-26(34-22)27-15-16-29(36-27)33(31-18-17-30(32)39-31)21-5-11-25(38-2)12-6-21/h3-19,34-35H,1-2H3. The molecule has 0 saturated carbocycles. The van der Waals surface area contributed by atoms with Crippen LogP contribution in [0.1, 0.15) is 11.4 Å². The van der Waals surface area contributed by atoms with Crippen molar-refractivity contribution in [2.24, 2.45) is 0 Å². The number of methoxy groups -OCH3 is 2. The van der Waals surface area contributed by atoms with Crippen molar-refractivity contribution in [1.29, 1.82) is 0 Å². The lowest BCUT2D eigenvalue weighted by molar-refractivity contribution is 0.415. The number of nitrogens with one attached hydrogen (secondary N) is 2. The van der Waals surface area contributed by atoms with Gasteiger partial charge in [0, 0.05) is 16.6 Å². The summed E-state index contributed by atoms with van der Waals surface area (Å²) in [6, 6.07) is 30.4. The van der Waals surface area contributed by atoms with Gasteiger partial charge in [-0.25, -0.2) is 4.98 Å². The summed E-state index contributed by atoms with van der Waals surface area (Å²) in [4.78, 5) is 12.1. The van der Waals surface area contributed by atoms with E-state index in [9.17, 15) is 0 Å². The van der Waals surface area contributed by atoms with Crippen molar-refractivity contribution in [3.63, 3.8) is 0 Å². The Morgan fingerprint density at radius 1 is 0.564 bits per heavy atom. The third-order valence-electron chi connectivity index (χ3n) is 7.03. The first kappa shape index (κ1) is 22.9. The second kappa shape index (κ2) is 9.26. The number of H-pyrrole nitrogens is 2. The zero-order valence-electron chi connectivity index (χ0n) is 21.5. The van der Waals surface area contributed by atoms with Crippen molar-refractivity contribution in [2.75, 3.05) is 14.2 Å². The van der Waals surface area contributed by atoms with Crippen molar-refractivity contribution in [3.8, 4) is 33.8 Å². The van der Waals surface area contributed by atoms with Gasteiger partial charge in [-0.05, 0) is 90.0 Å². The van der Waals surface area contributed by atoms with Gasteiger partial charge in [-0.1, -0.05) is 24.3 Å². The molecule has 4 aromatic heterocycles. The molecule has 0 radical (unpaired) electrons. The SMILES string of the molecule is COc1ccc(-c2c3nc(c4ccc(cc5ccc([nH]5)c(-c5ccc(OC)cc5)c5ccc2o5)[nH]4)C=C3)cc1. The fraction of sp³-hybridized carbons (Fsp3) is 0.0606. The monoisotopic (exact) mass is 511 g/mol. The second-order valence-corrected chi connectivity index (χ2v) is 9.39. The van der Waals surface area contributed by atoms with Crippen LogP contribution in [0.3, 0.4) is 0 Å². The number of ether oxygens (including phenoxy) is 2. The Balaban J connectivity index is 1.60. The van der Waals surface area contributed by atoms with Gasteiger partial charge in [-0.3, -0.25) is 0 Å². The molecule has 6 nitrogen and oxygen atoms in total. The van der Waals surface area contributed by atoms with Crippen molar-refractivity contribution >= 4 is 45.4 Å². The Kier molecular flexibility index (Phi) is 5.44. The van der Waals surface area contributed by atoms with Gasteiger partial charge >= 0.3 is 0 Å². The van der Waals surface area contributed by atoms with E-state index in [1.807, 2.05) is 72.8 Å². The van der Waals surface area contributed by atoms with Crippen LogP contribution < -0.4 is 9.47 Å². The third-order valence-corrected chi connectivity index (χ3v) is 7.03. The molecule has 2 aromatic carbocycles. The molecule has 0 spiro atoms. The van der Waals surface area contributed by atoms with Gasteiger partial charge in [0.2, 0.25) is 0 Å². The maximum atomic E-state index is 6.65. The van der Waals surface area contributed by atoms with Crippen molar-refractivity contribution in [2.45, 2.75) is 0 Å². The summed E-state index contributed by atoms with van der Waals surface area (Å²) in [5.41, 5.74) is 10.9. The lowest BCUT2D eigenvalue weighted by atomic mass is 10.0. The largest absolute Gasteiger partial charge is 0.497 e.